The van der Waals surface area contributed by atoms with Crippen molar-refractivity contribution in [2.45, 2.75) is 18.6 Å². The van der Waals surface area contributed by atoms with Crippen LogP contribution in [0.15, 0.2) is 0 Å². The molecule has 2 unspecified atom stereocenters. The van der Waals surface area contributed by atoms with Gasteiger partial charge in [-0.2, -0.15) is 4.80 Å². The quantitative estimate of drug-likeness (QED) is 0.454. The number of rotatable bonds is 4. The molecule has 1 fully saturated rings. The molecule has 1 aromatic rings. The van der Waals surface area contributed by atoms with Crippen molar-refractivity contribution in [3.05, 3.63) is 5.82 Å². The Morgan fingerprint density at radius 2 is 2.50 bits per heavy atom. The average Bonchev–Trinajstić information content (AvgIpc) is 2.73. The number of ether oxygens (including phenoxy) is 2. The van der Waals surface area contributed by atoms with E-state index in [4.69, 9.17) is 15.3 Å². The molecule has 1 saturated heterocycles. The van der Waals surface area contributed by atoms with Crippen LogP contribution in [-0.4, -0.2) is 52.2 Å². The van der Waals surface area contributed by atoms with Crippen molar-refractivity contribution in [2.24, 2.45) is 12.9 Å². The van der Waals surface area contributed by atoms with Gasteiger partial charge in [-0.1, -0.05) is 0 Å². The van der Waals surface area contributed by atoms with Gasteiger partial charge in [-0.15, -0.1) is 10.2 Å². The maximum absolute atomic E-state index is 5.56. The number of tetrazole rings is 1. The van der Waals surface area contributed by atoms with Gasteiger partial charge in [0.2, 0.25) is 0 Å². The van der Waals surface area contributed by atoms with Crippen molar-refractivity contribution in [1.29, 1.82) is 0 Å². The van der Waals surface area contributed by atoms with E-state index < -0.39 is 0 Å². The van der Waals surface area contributed by atoms with Crippen molar-refractivity contribution in [1.82, 2.24) is 25.6 Å². The summed E-state index contributed by atoms with van der Waals surface area (Å²) in [5.41, 5.74) is 2.71. The monoisotopic (exact) mass is 228 g/mol. The molecule has 90 valence electrons. The lowest BCUT2D eigenvalue weighted by atomic mass is 10.1. The third kappa shape index (κ3) is 2.73. The minimum Gasteiger partial charge on any atom is -0.376 e. The second-order valence-electron chi connectivity index (χ2n) is 3.66. The van der Waals surface area contributed by atoms with E-state index in [1.54, 1.807) is 7.05 Å². The number of aryl methyl sites for hydroxylation is 1. The molecule has 0 aromatic carbocycles. The molecule has 1 aliphatic rings. The van der Waals surface area contributed by atoms with E-state index in [9.17, 15) is 0 Å². The highest BCUT2D eigenvalue weighted by molar-refractivity contribution is 4.88. The van der Waals surface area contributed by atoms with Crippen LogP contribution in [0.2, 0.25) is 0 Å². The molecule has 0 saturated carbocycles. The lowest BCUT2D eigenvalue weighted by Gasteiger charge is -2.29. The highest BCUT2D eigenvalue weighted by Gasteiger charge is 2.25. The van der Waals surface area contributed by atoms with Gasteiger partial charge in [0.25, 0.3) is 0 Å². The second-order valence-corrected chi connectivity index (χ2v) is 3.66. The molecule has 0 bridgehead atoms. The number of hydrogen-bond acceptors (Lipinski definition) is 7. The van der Waals surface area contributed by atoms with E-state index in [0.717, 1.165) is 0 Å². The van der Waals surface area contributed by atoms with E-state index >= 15 is 0 Å². The molecule has 1 aromatic heterocycles. The molecule has 2 atom stereocenters. The summed E-state index contributed by atoms with van der Waals surface area (Å²) in [4.78, 5) is 1.42. The number of nitrogens with one attached hydrogen (secondary N) is 1. The van der Waals surface area contributed by atoms with Crippen LogP contribution < -0.4 is 11.3 Å². The summed E-state index contributed by atoms with van der Waals surface area (Å²) in [5.74, 6) is 6.13. The van der Waals surface area contributed by atoms with Crippen LogP contribution in [0.25, 0.3) is 0 Å². The molecule has 0 amide bonds. The zero-order chi connectivity index (χ0) is 11.4. The SMILES string of the molecule is Cn1nnc(CC(NN)C2COCCO2)n1. The van der Waals surface area contributed by atoms with Crippen LogP contribution in [0.1, 0.15) is 5.82 Å². The first-order valence-electron chi connectivity index (χ1n) is 5.18. The Morgan fingerprint density at radius 3 is 3.06 bits per heavy atom. The standard InChI is InChI=1S/C8H16N6O2/c1-14-12-8(11-13-14)4-6(10-9)7-5-15-2-3-16-7/h6-7,10H,2-5,9H2,1H3. The van der Waals surface area contributed by atoms with Gasteiger partial charge >= 0.3 is 0 Å². The van der Waals surface area contributed by atoms with Gasteiger partial charge in [0.05, 0.1) is 39.0 Å². The van der Waals surface area contributed by atoms with E-state index in [2.05, 4.69) is 20.8 Å². The largest absolute Gasteiger partial charge is 0.376 e. The maximum Gasteiger partial charge on any atom is 0.176 e. The molecule has 8 nitrogen and oxygen atoms in total. The third-order valence-corrected chi connectivity index (χ3v) is 2.46. The molecule has 3 N–H and O–H groups in total. The fraction of sp³-hybridized carbons (Fsp3) is 0.875. The molecule has 2 rings (SSSR count). The molecule has 16 heavy (non-hydrogen) atoms. The first kappa shape index (κ1) is 11.4. The van der Waals surface area contributed by atoms with Gasteiger partial charge in [0.1, 0.15) is 0 Å². The van der Waals surface area contributed by atoms with E-state index in [1.807, 2.05) is 0 Å². The number of nitrogens with zero attached hydrogens (tertiary/aromatic N) is 4. The summed E-state index contributed by atoms with van der Waals surface area (Å²) in [6, 6.07) is -0.0653. The molecule has 2 heterocycles. The fourth-order valence-corrected chi connectivity index (χ4v) is 1.64. The summed E-state index contributed by atoms with van der Waals surface area (Å²) < 4.78 is 10.9. The normalized spacial score (nSPS) is 23.2. The van der Waals surface area contributed by atoms with Crippen molar-refractivity contribution in [3.63, 3.8) is 0 Å². The number of hydrogen-bond donors (Lipinski definition) is 2. The first-order chi connectivity index (χ1) is 7.79. The van der Waals surface area contributed by atoms with E-state index in [-0.39, 0.29) is 12.1 Å². The highest BCUT2D eigenvalue weighted by atomic mass is 16.6. The number of nitrogens with two attached hydrogens (primary N) is 1. The summed E-state index contributed by atoms with van der Waals surface area (Å²) in [6.45, 7) is 1.77. The Kier molecular flexibility index (Phi) is 3.78. The number of aromatic nitrogens is 4. The van der Waals surface area contributed by atoms with Crippen LogP contribution in [0, 0.1) is 0 Å². The van der Waals surface area contributed by atoms with Gasteiger partial charge in [-0.3, -0.25) is 11.3 Å². The zero-order valence-corrected chi connectivity index (χ0v) is 9.17. The van der Waals surface area contributed by atoms with Crippen LogP contribution in [-0.2, 0) is 22.9 Å². The molecule has 8 heteroatoms. The Balaban J connectivity index is 1.94. The van der Waals surface area contributed by atoms with Crippen LogP contribution in [0.3, 0.4) is 0 Å². The minimum atomic E-state index is -0.0671. The van der Waals surface area contributed by atoms with E-state index in [1.165, 1.54) is 4.80 Å². The smallest absolute Gasteiger partial charge is 0.176 e. The average molecular weight is 228 g/mol. The van der Waals surface area contributed by atoms with Crippen molar-refractivity contribution < 1.29 is 9.47 Å². The lowest BCUT2D eigenvalue weighted by Crippen LogP contribution is -2.50. The van der Waals surface area contributed by atoms with E-state index in [0.29, 0.717) is 32.1 Å². The molecule has 0 radical (unpaired) electrons. The molecule has 0 aliphatic carbocycles. The topological polar surface area (TPSA) is 100 Å². The highest BCUT2D eigenvalue weighted by Crippen LogP contribution is 2.08. The van der Waals surface area contributed by atoms with Gasteiger partial charge in [-0.05, 0) is 5.21 Å². The van der Waals surface area contributed by atoms with Gasteiger partial charge in [0, 0.05) is 6.42 Å². The fourth-order valence-electron chi connectivity index (χ4n) is 1.64. The zero-order valence-electron chi connectivity index (χ0n) is 9.17. The summed E-state index contributed by atoms with van der Waals surface area (Å²) in [6.07, 6.45) is 0.501. The summed E-state index contributed by atoms with van der Waals surface area (Å²) >= 11 is 0. The van der Waals surface area contributed by atoms with Crippen molar-refractivity contribution in [3.8, 4) is 0 Å². The van der Waals surface area contributed by atoms with Gasteiger partial charge in [0.15, 0.2) is 5.82 Å². The second kappa shape index (κ2) is 5.30. The first-order valence-corrected chi connectivity index (χ1v) is 5.18. The maximum atomic E-state index is 5.56. The van der Waals surface area contributed by atoms with Crippen LogP contribution in [0.4, 0.5) is 0 Å². The predicted molar refractivity (Wildman–Crippen MR) is 54.2 cm³/mol. The Labute approximate surface area is 93.1 Å². The minimum absolute atomic E-state index is 0.0653. The third-order valence-electron chi connectivity index (χ3n) is 2.46. The summed E-state index contributed by atoms with van der Waals surface area (Å²) in [7, 11) is 1.72. The van der Waals surface area contributed by atoms with Gasteiger partial charge in [-0.25, -0.2) is 0 Å². The molecular weight excluding hydrogens is 212 g/mol. The van der Waals surface area contributed by atoms with Crippen molar-refractivity contribution in [2.75, 3.05) is 19.8 Å². The Bertz CT molecular complexity index is 324. The number of hydrazine groups is 1. The van der Waals surface area contributed by atoms with Gasteiger partial charge < -0.3 is 9.47 Å². The molecule has 0 spiro atoms. The van der Waals surface area contributed by atoms with Crippen LogP contribution in [0.5, 0.6) is 0 Å². The summed E-state index contributed by atoms with van der Waals surface area (Å²) in [5, 5.41) is 11.8. The predicted octanol–water partition coefficient (Wildman–Crippen LogP) is -2.00. The lowest BCUT2D eigenvalue weighted by molar-refractivity contribution is -0.101. The Hall–Kier alpha value is -1.09. The molecular formula is C8H16N6O2. The van der Waals surface area contributed by atoms with Crippen LogP contribution >= 0.6 is 0 Å². The Morgan fingerprint density at radius 1 is 1.62 bits per heavy atom. The van der Waals surface area contributed by atoms with Crippen molar-refractivity contribution >= 4 is 0 Å². The molecule has 1 aliphatic heterocycles.